The molecule has 94 valence electrons. The lowest BCUT2D eigenvalue weighted by atomic mass is 10.1. The fourth-order valence-electron chi connectivity index (χ4n) is 1.87. The van der Waals surface area contributed by atoms with Gasteiger partial charge in [0.15, 0.2) is 0 Å². The summed E-state index contributed by atoms with van der Waals surface area (Å²) in [6.07, 6.45) is 2.76. The number of aromatic nitrogens is 1. The van der Waals surface area contributed by atoms with Crippen LogP contribution < -0.4 is 10.2 Å². The van der Waals surface area contributed by atoms with Gasteiger partial charge in [-0.15, -0.1) is 0 Å². The van der Waals surface area contributed by atoms with Gasteiger partial charge in [0.05, 0.1) is 0 Å². The summed E-state index contributed by atoms with van der Waals surface area (Å²) in [5, 5.41) is 3.41. The summed E-state index contributed by atoms with van der Waals surface area (Å²) in [4.78, 5) is 6.91. The van der Waals surface area contributed by atoms with Crippen LogP contribution in [-0.4, -0.2) is 24.1 Å². The fourth-order valence-corrected chi connectivity index (χ4v) is 1.87. The van der Waals surface area contributed by atoms with E-state index in [0.29, 0.717) is 0 Å². The van der Waals surface area contributed by atoms with E-state index >= 15 is 0 Å². The Morgan fingerprint density at radius 1 is 1.35 bits per heavy atom. The second kappa shape index (κ2) is 4.55. The summed E-state index contributed by atoms with van der Waals surface area (Å²) < 4.78 is 0. The number of pyridine rings is 1. The average Bonchev–Trinajstić information content (AvgIpc) is 2.99. The first-order valence-corrected chi connectivity index (χ1v) is 6.40. The smallest absolute Gasteiger partial charge is 0.130 e. The number of anilines is 2. The van der Waals surface area contributed by atoms with Gasteiger partial charge in [0.2, 0.25) is 0 Å². The summed E-state index contributed by atoms with van der Waals surface area (Å²) >= 11 is 0. The standard InChI is InChI=1S/C14H23N3/c1-14(2,3)16-12-6-5-7-13(15-12)17(4)10-11-8-9-11/h5-7,11H,8-10H2,1-4H3,(H,15,16). The van der Waals surface area contributed by atoms with Crippen molar-refractivity contribution < 1.29 is 0 Å². The number of nitrogens with one attached hydrogen (secondary N) is 1. The van der Waals surface area contributed by atoms with Gasteiger partial charge in [-0.1, -0.05) is 6.07 Å². The third-order valence-corrected chi connectivity index (χ3v) is 2.86. The van der Waals surface area contributed by atoms with E-state index in [4.69, 9.17) is 0 Å². The first-order valence-electron chi connectivity index (χ1n) is 6.40. The van der Waals surface area contributed by atoms with E-state index in [1.54, 1.807) is 0 Å². The molecule has 1 aromatic heterocycles. The molecule has 1 fully saturated rings. The summed E-state index contributed by atoms with van der Waals surface area (Å²) in [5.74, 6) is 2.91. The zero-order valence-electron chi connectivity index (χ0n) is 11.3. The van der Waals surface area contributed by atoms with Gasteiger partial charge < -0.3 is 10.2 Å². The molecule has 0 radical (unpaired) electrons. The Bertz CT molecular complexity index is 377. The molecule has 17 heavy (non-hydrogen) atoms. The molecule has 2 rings (SSSR count). The zero-order chi connectivity index (χ0) is 12.5. The lowest BCUT2D eigenvalue weighted by molar-refractivity contribution is 0.630. The summed E-state index contributed by atoms with van der Waals surface area (Å²) in [7, 11) is 2.13. The van der Waals surface area contributed by atoms with E-state index in [2.05, 4.69) is 55.2 Å². The third kappa shape index (κ3) is 3.91. The van der Waals surface area contributed by atoms with Gasteiger partial charge in [-0.25, -0.2) is 4.98 Å². The van der Waals surface area contributed by atoms with Crippen molar-refractivity contribution in [3.8, 4) is 0 Å². The van der Waals surface area contributed by atoms with Crippen LogP contribution in [0.3, 0.4) is 0 Å². The monoisotopic (exact) mass is 233 g/mol. The lowest BCUT2D eigenvalue weighted by Crippen LogP contribution is -2.27. The van der Waals surface area contributed by atoms with Gasteiger partial charge in [-0.3, -0.25) is 0 Å². The lowest BCUT2D eigenvalue weighted by Gasteiger charge is -2.23. The van der Waals surface area contributed by atoms with Crippen LogP contribution in [0.4, 0.5) is 11.6 Å². The summed E-state index contributed by atoms with van der Waals surface area (Å²) in [5.41, 5.74) is 0.0562. The molecule has 0 atom stereocenters. The highest BCUT2D eigenvalue weighted by Crippen LogP contribution is 2.30. The van der Waals surface area contributed by atoms with E-state index in [1.165, 1.54) is 12.8 Å². The normalized spacial score (nSPS) is 15.8. The molecule has 1 aromatic rings. The first kappa shape index (κ1) is 12.2. The van der Waals surface area contributed by atoms with Gasteiger partial charge in [-0.2, -0.15) is 0 Å². The quantitative estimate of drug-likeness (QED) is 0.866. The molecular formula is C14H23N3. The molecule has 0 aliphatic heterocycles. The molecule has 1 N–H and O–H groups in total. The SMILES string of the molecule is CN(CC1CC1)c1cccc(NC(C)(C)C)n1. The minimum atomic E-state index is 0.0562. The summed E-state index contributed by atoms with van der Waals surface area (Å²) in [6, 6.07) is 6.18. The Hall–Kier alpha value is -1.25. The van der Waals surface area contributed by atoms with Crippen LogP contribution in [-0.2, 0) is 0 Å². The molecule has 3 nitrogen and oxygen atoms in total. The highest BCUT2D eigenvalue weighted by Gasteiger charge is 2.23. The maximum atomic E-state index is 4.65. The topological polar surface area (TPSA) is 28.2 Å². The number of rotatable bonds is 4. The van der Waals surface area contributed by atoms with Gasteiger partial charge >= 0.3 is 0 Å². The van der Waals surface area contributed by atoms with E-state index < -0.39 is 0 Å². The molecule has 0 aromatic carbocycles. The highest BCUT2D eigenvalue weighted by molar-refractivity contribution is 5.47. The maximum Gasteiger partial charge on any atom is 0.130 e. The van der Waals surface area contributed by atoms with E-state index in [0.717, 1.165) is 24.1 Å². The Labute approximate surface area is 104 Å². The van der Waals surface area contributed by atoms with Crippen LogP contribution in [0, 0.1) is 5.92 Å². The first-order chi connectivity index (χ1) is 7.94. The Kier molecular flexibility index (Phi) is 3.27. The molecule has 0 saturated heterocycles. The minimum absolute atomic E-state index is 0.0562. The minimum Gasteiger partial charge on any atom is -0.365 e. The number of hydrogen-bond acceptors (Lipinski definition) is 3. The molecule has 1 heterocycles. The van der Waals surface area contributed by atoms with Crippen molar-refractivity contribution >= 4 is 11.6 Å². The van der Waals surface area contributed by atoms with Crippen molar-refractivity contribution in [2.24, 2.45) is 5.92 Å². The molecule has 0 amide bonds. The molecular weight excluding hydrogens is 210 g/mol. The van der Waals surface area contributed by atoms with Crippen LogP contribution in [0.2, 0.25) is 0 Å². The largest absolute Gasteiger partial charge is 0.365 e. The zero-order valence-corrected chi connectivity index (χ0v) is 11.3. The van der Waals surface area contributed by atoms with Crippen molar-refractivity contribution in [2.45, 2.75) is 39.2 Å². The van der Waals surface area contributed by atoms with Gasteiger partial charge in [0, 0.05) is 19.1 Å². The Morgan fingerprint density at radius 3 is 2.65 bits per heavy atom. The van der Waals surface area contributed by atoms with E-state index in [1.807, 2.05) is 6.07 Å². The van der Waals surface area contributed by atoms with Gasteiger partial charge in [0.1, 0.15) is 11.6 Å². The number of nitrogens with zero attached hydrogens (tertiary/aromatic N) is 2. The molecule has 0 bridgehead atoms. The Balaban J connectivity index is 2.04. The summed E-state index contributed by atoms with van der Waals surface area (Å²) in [6.45, 7) is 7.58. The van der Waals surface area contributed by atoms with Gasteiger partial charge in [0.25, 0.3) is 0 Å². The number of hydrogen-bond donors (Lipinski definition) is 1. The second-order valence-corrected chi connectivity index (χ2v) is 6.08. The predicted octanol–water partition coefficient (Wildman–Crippen LogP) is 3.14. The van der Waals surface area contributed by atoms with Crippen LogP contribution in [0.5, 0.6) is 0 Å². The predicted molar refractivity (Wildman–Crippen MR) is 73.6 cm³/mol. The van der Waals surface area contributed by atoms with Crippen molar-refractivity contribution in [3.05, 3.63) is 18.2 Å². The second-order valence-electron chi connectivity index (χ2n) is 6.08. The van der Waals surface area contributed by atoms with Crippen LogP contribution >= 0.6 is 0 Å². The van der Waals surface area contributed by atoms with Crippen molar-refractivity contribution in [2.75, 3.05) is 23.8 Å². The van der Waals surface area contributed by atoms with Gasteiger partial charge in [-0.05, 0) is 51.7 Å². The molecule has 1 aliphatic carbocycles. The van der Waals surface area contributed by atoms with Crippen molar-refractivity contribution in [3.63, 3.8) is 0 Å². The average molecular weight is 233 g/mol. The third-order valence-electron chi connectivity index (χ3n) is 2.86. The van der Waals surface area contributed by atoms with Crippen LogP contribution in [0.25, 0.3) is 0 Å². The van der Waals surface area contributed by atoms with Crippen LogP contribution in [0.1, 0.15) is 33.6 Å². The molecule has 1 saturated carbocycles. The highest BCUT2D eigenvalue weighted by atomic mass is 15.2. The van der Waals surface area contributed by atoms with Crippen LogP contribution in [0.15, 0.2) is 18.2 Å². The van der Waals surface area contributed by atoms with E-state index in [9.17, 15) is 0 Å². The Morgan fingerprint density at radius 2 is 2.06 bits per heavy atom. The molecule has 0 unspecified atom stereocenters. The molecule has 1 aliphatic rings. The molecule has 0 spiro atoms. The van der Waals surface area contributed by atoms with Crippen molar-refractivity contribution in [1.82, 2.24) is 4.98 Å². The van der Waals surface area contributed by atoms with E-state index in [-0.39, 0.29) is 5.54 Å². The van der Waals surface area contributed by atoms with Crippen molar-refractivity contribution in [1.29, 1.82) is 0 Å². The maximum absolute atomic E-state index is 4.65. The molecule has 3 heteroatoms. The fraction of sp³-hybridized carbons (Fsp3) is 0.643.